The van der Waals surface area contributed by atoms with Crippen LogP contribution >= 0.6 is 0 Å². The van der Waals surface area contributed by atoms with Crippen molar-refractivity contribution in [3.63, 3.8) is 0 Å². The summed E-state index contributed by atoms with van der Waals surface area (Å²) in [5, 5.41) is 0. The number of carbonyl (C=O) groups is 1. The van der Waals surface area contributed by atoms with Crippen molar-refractivity contribution >= 4 is 11.5 Å². The lowest BCUT2D eigenvalue weighted by Crippen LogP contribution is -2.08. The smallest absolute Gasteiger partial charge is 0.193 e. The molecule has 0 saturated heterocycles. The number of ketones is 1. The summed E-state index contributed by atoms with van der Waals surface area (Å²) in [6.45, 7) is 6.01. The minimum atomic E-state index is 0.0166. The maximum Gasteiger partial charge on any atom is 0.193 e. The molecule has 0 saturated carbocycles. The molecule has 0 bridgehead atoms. The van der Waals surface area contributed by atoms with Gasteiger partial charge in [0.2, 0.25) is 0 Å². The van der Waals surface area contributed by atoms with Gasteiger partial charge in [-0.05, 0) is 68.3 Å². The van der Waals surface area contributed by atoms with Gasteiger partial charge < -0.3 is 10.5 Å². The summed E-state index contributed by atoms with van der Waals surface area (Å²) in [5.41, 5.74) is 8.68. The van der Waals surface area contributed by atoms with Crippen LogP contribution in [0.3, 0.4) is 0 Å². The maximum atomic E-state index is 12.6. The summed E-state index contributed by atoms with van der Waals surface area (Å²) >= 11 is 0. The molecule has 0 aromatic heterocycles. The molecule has 0 fully saturated rings. The van der Waals surface area contributed by atoms with Crippen molar-refractivity contribution in [1.29, 1.82) is 0 Å². The molecule has 0 aliphatic heterocycles. The van der Waals surface area contributed by atoms with E-state index >= 15 is 0 Å². The monoisotopic (exact) mass is 283 g/mol. The van der Waals surface area contributed by atoms with Crippen molar-refractivity contribution < 1.29 is 9.53 Å². The Morgan fingerprint density at radius 2 is 1.81 bits per heavy atom. The van der Waals surface area contributed by atoms with Crippen LogP contribution in [-0.2, 0) is 6.42 Å². The van der Waals surface area contributed by atoms with Crippen LogP contribution in [0.2, 0.25) is 0 Å². The summed E-state index contributed by atoms with van der Waals surface area (Å²) in [5.74, 6) is 0.818. The Morgan fingerprint density at radius 1 is 1.14 bits per heavy atom. The topological polar surface area (TPSA) is 52.3 Å². The lowest BCUT2D eigenvalue weighted by atomic mass is 9.96. The number of carbonyl (C=O) groups excluding carboxylic acids is 1. The van der Waals surface area contributed by atoms with Crippen LogP contribution in [0, 0.1) is 0 Å². The Labute approximate surface area is 125 Å². The van der Waals surface area contributed by atoms with Gasteiger partial charge in [0.1, 0.15) is 5.75 Å². The van der Waals surface area contributed by atoms with Gasteiger partial charge in [0, 0.05) is 16.8 Å². The maximum absolute atomic E-state index is 12.6. The van der Waals surface area contributed by atoms with Crippen LogP contribution in [0.1, 0.15) is 42.3 Å². The fourth-order valence-electron chi connectivity index (χ4n) is 2.22. The van der Waals surface area contributed by atoms with Gasteiger partial charge in [0.05, 0.1) is 6.10 Å². The number of anilines is 1. The first-order chi connectivity index (χ1) is 10.0. The van der Waals surface area contributed by atoms with Crippen molar-refractivity contribution in [1.82, 2.24) is 0 Å². The van der Waals surface area contributed by atoms with Crippen LogP contribution in [0.5, 0.6) is 5.75 Å². The molecule has 2 rings (SSSR count). The molecule has 3 heteroatoms. The summed E-state index contributed by atoms with van der Waals surface area (Å²) in [6.07, 6.45) is 0.902. The fourth-order valence-corrected chi connectivity index (χ4v) is 2.22. The van der Waals surface area contributed by atoms with Crippen LogP contribution in [0.25, 0.3) is 0 Å². The van der Waals surface area contributed by atoms with Crippen LogP contribution in [-0.4, -0.2) is 11.9 Å². The normalized spacial score (nSPS) is 10.7. The molecule has 0 heterocycles. The van der Waals surface area contributed by atoms with Gasteiger partial charge in [-0.2, -0.15) is 0 Å². The third kappa shape index (κ3) is 3.63. The van der Waals surface area contributed by atoms with E-state index in [2.05, 4.69) is 0 Å². The predicted molar refractivity (Wildman–Crippen MR) is 85.9 cm³/mol. The van der Waals surface area contributed by atoms with Gasteiger partial charge in [-0.1, -0.05) is 6.92 Å². The van der Waals surface area contributed by atoms with Crippen LogP contribution in [0.15, 0.2) is 42.5 Å². The number of hydrogen-bond acceptors (Lipinski definition) is 3. The van der Waals surface area contributed by atoms with Gasteiger partial charge in [0.15, 0.2) is 5.78 Å². The highest BCUT2D eigenvalue weighted by Crippen LogP contribution is 2.22. The third-order valence-electron chi connectivity index (χ3n) is 3.25. The number of aryl methyl sites for hydroxylation is 1. The molecule has 0 spiro atoms. The molecule has 2 N–H and O–H groups in total. The Kier molecular flexibility index (Phi) is 4.63. The molecule has 21 heavy (non-hydrogen) atoms. The summed E-state index contributed by atoms with van der Waals surface area (Å²) in [7, 11) is 0. The van der Waals surface area contributed by atoms with Crippen LogP contribution < -0.4 is 10.5 Å². The highest BCUT2D eigenvalue weighted by molar-refractivity contribution is 6.10. The molecular formula is C18H21NO2. The first-order valence-corrected chi connectivity index (χ1v) is 7.21. The molecule has 3 nitrogen and oxygen atoms in total. The summed E-state index contributed by atoms with van der Waals surface area (Å²) in [4.78, 5) is 12.6. The zero-order chi connectivity index (χ0) is 15.4. The lowest BCUT2D eigenvalue weighted by Gasteiger charge is -2.13. The number of rotatable bonds is 5. The first kappa shape index (κ1) is 15.1. The second kappa shape index (κ2) is 6.44. The molecule has 0 aliphatic rings. The van der Waals surface area contributed by atoms with E-state index in [1.54, 1.807) is 24.3 Å². The molecule has 110 valence electrons. The largest absolute Gasteiger partial charge is 0.491 e. The number of nitrogens with two attached hydrogens (primary N) is 1. The van der Waals surface area contributed by atoms with E-state index in [1.165, 1.54) is 0 Å². The second-order valence-electron chi connectivity index (χ2n) is 5.29. The average Bonchev–Trinajstić information content (AvgIpc) is 2.46. The van der Waals surface area contributed by atoms with Crippen molar-refractivity contribution in [3.8, 4) is 5.75 Å². The Morgan fingerprint density at radius 3 is 2.38 bits per heavy atom. The first-order valence-electron chi connectivity index (χ1n) is 7.21. The molecule has 0 radical (unpaired) electrons. The lowest BCUT2D eigenvalue weighted by molar-refractivity contribution is 0.103. The average molecular weight is 283 g/mol. The van der Waals surface area contributed by atoms with Crippen molar-refractivity contribution in [3.05, 3.63) is 59.2 Å². The third-order valence-corrected chi connectivity index (χ3v) is 3.25. The molecule has 0 unspecified atom stereocenters. The zero-order valence-electron chi connectivity index (χ0n) is 12.7. The Bertz CT molecular complexity index is 630. The van der Waals surface area contributed by atoms with Gasteiger partial charge in [-0.25, -0.2) is 0 Å². The molecule has 2 aromatic rings. The van der Waals surface area contributed by atoms with E-state index in [0.29, 0.717) is 11.3 Å². The highest BCUT2D eigenvalue weighted by Gasteiger charge is 2.14. The van der Waals surface area contributed by atoms with Crippen molar-refractivity contribution in [2.45, 2.75) is 33.3 Å². The Hall–Kier alpha value is -2.29. The number of nitrogen functional groups attached to an aromatic ring is 1. The number of hydrogen-bond donors (Lipinski definition) is 1. The molecule has 0 aliphatic carbocycles. The van der Waals surface area contributed by atoms with E-state index in [9.17, 15) is 4.79 Å². The predicted octanol–water partition coefficient (Wildman–Crippen LogP) is 3.85. The van der Waals surface area contributed by atoms with E-state index in [-0.39, 0.29) is 11.9 Å². The van der Waals surface area contributed by atoms with Crippen LogP contribution in [0.4, 0.5) is 5.69 Å². The van der Waals surface area contributed by atoms with E-state index in [1.807, 2.05) is 39.0 Å². The van der Waals surface area contributed by atoms with Gasteiger partial charge in [-0.15, -0.1) is 0 Å². The quantitative estimate of drug-likeness (QED) is 0.670. The zero-order valence-corrected chi connectivity index (χ0v) is 12.7. The standard InChI is InChI=1S/C18H21NO2/c1-4-13-11-16(21-12(2)3)9-10-17(13)18(20)14-5-7-15(19)8-6-14/h5-12H,4,19H2,1-3H3. The Balaban J connectivity index is 2.34. The van der Waals surface area contributed by atoms with E-state index in [0.717, 1.165) is 23.3 Å². The minimum Gasteiger partial charge on any atom is -0.491 e. The minimum absolute atomic E-state index is 0.0166. The van der Waals surface area contributed by atoms with Gasteiger partial charge >= 0.3 is 0 Å². The van der Waals surface area contributed by atoms with E-state index < -0.39 is 0 Å². The molecule has 0 atom stereocenters. The number of ether oxygens (including phenoxy) is 1. The van der Waals surface area contributed by atoms with Gasteiger partial charge in [-0.3, -0.25) is 4.79 Å². The second-order valence-corrected chi connectivity index (χ2v) is 5.29. The van der Waals surface area contributed by atoms with E-state index in [4.69, 9.17) is 10.5 Å². The number of benzene rings is 2. The van der Waals surface area contributed by atoms with Crippen molar-refractivity contribution in [2.24, 2.45) is 0 Å². The highest BCUT2D eigenvalue weighted by atomic mass is 16.5. The molecule has 0 amide bonds. The van der Waals surface area contributed by atoms with Gasteiger partial charge in [0.25, 0.3) is 0 Å². The fraction of sp³-hybridized carbons (Fsp3) is 0.278. The molecule has 2 aromatic carbocycles. The summed E-state index contributed by atoms with van der Waals surface area (Å²) < 4.78 is 5.69. The van der Waals surface area contributed by atoms with Crippen molar-refractivity contribution in [2.75, 3.05) is 5.73 Å². The SMILES string of the molecule is CCc1cc(OC(C)C)ccc1C(=O)c1ccc(N)cc1. The molecular weight excluding hydrogens is 262 g/mol. The summed E-state index contributed by atoms with van der Waals surface area (Å²) in [6, 6.07) is 12.7.